The van der Waals surface area contributed by atoms with Crippen LogP contribution in [0.3, 0.4) is 0 Å². The molecule has 1 aromatic rings. The second kappa shape index (κ2) is 5.63. The minimum Gasteiger partial charge on any atom is -0.387 e. The number of hydrogen-bond acceptors (Lipinski definition) is 2. The van der Waals surface area contributed by atoms with Crippen molar-refractivity contribution in [2.24, 2.45) is 0 Å². The van der Waals surface area contributed by atoms with Crippen molar-refractivity contribution in [2.75, 3.05) is 0 Å². The number of ether oxygens (including phenoxy) is 1. The molecule has 1 aliphatic carbocycles. The lowest BCUT2D eigenvalue weighted by Gasteiger charge is -2.29. The Kier molecular flexibility index (Phi) is 4.15. The Hall–Kier alpha value is -1.19. The minimum atomic E-state index is -0.826. The molecule has 2 nitrogen and oxygen atoms in total. The van der Waals surface area contributed by atoms with Gasteiger partial charge in [0.1, 0.15) is 5.82 Å². The molecule has 0 saturated heterocycles. The molecule has 98 valence electrons. The van der Waals surface area contributed by atoms with E-state index in [1.807, 2.05) is 0 Å². The van der Waals surface area contributed by atoms with Crippen LogP contribution in [-0.2, 0) is 11.3 Å². The van der Waals surface area contributed by atoms with Crippen molar-refractivity contribution in [2.45, 2.75) is 44.0 Å². The van der Waals surface area contributed by atoms with Crippen LogP contribution in [0, 0.1) is 5.82 Å². The second-order valence-corrected chi connectivity index (χ2v) is 4.88. The number of benzene rings is 1. The molecule has 1 fully saturated rings. The summed E-state index contributed by atoms with van der Waals surface area (Å²) >= 11 is 0. The lowest BCUT2D eigenvalue weighted by atomic mass is 9.95. The largest absolute Gasteiger partial charge is 0.387 e. The average molecular weight is 250 g/mol. The second-order valence-electron chi connectivity index (χ2n) is 4.88. The Balaban J connectivity index is 1.98. The quantitative estimate of drug-likeness (QED) is 0.813. The molecule has 0 amide bonds. The van der Waals surface area contributed by atoms with E-state index in [1.165, 1.54) is 6.07 Å². The number of halogens is 1. The van der Waals surface area contributed by atoms with Gasteiger partial charge in [0.25, 0.3) is 0 Å². The first-order valence-corrected chi connectivity index (χ1v) is 6.34. The number of rotatable bonds is 5. The molecular weight excluding hydrogens is 231 g/mol. The van der Waals surface area contributed by atoms with Gasteiger partial charge in [-0.3, -0.25) is 0 Å². The maximum Gasteiger partial charge on any atom is 0.128 e. The smallest absolute Gasteiger partial charge is 0.128 e. The molecule has 18 heavy (non-hydrogen) atoms. The van der Waals surface area contributed by atoms with Crippen molar-refractivity contribution in [1.29, 1.82) is 0 Å². The summed E-state index contributed by atoms with van der Waals surface area (Å²) in [4.78, 5) is 0. The fourth-order valence-corrected chi connectivity index (χ4v) is 2.55. The van der Waals surface area contributed by atoms with Crippen LogP contribution in [0.1, 0.15) is 31.2 Å². The molecule has 1 aromatic carbocycles. The first kappa shape index (κ1) is 13.2. The fraction of sp³-hybridized carbons (Fsp3) is 0.467. The highest BCUT2D eigenvalue weighted by atomic mass is 19.1. The van der Waals surface area contributed by atoms with E-state index in [1.54, 1.807) is 24.3 Å². The van der Waals surface area contributed by atoms with E-state index in [0.717, 1.165) is 19.3 Å². The van der Waals surface area contributed by atoms with Gasteiger partial charge in [0.15, 0.2) is 0 Å². The molecule has 1 saturated carbocycles. The minimum absolute atomic E-state index is 0.205. The molecule has 2 rings (SSSR count). The molecule has 0 radical (unpaired) electrons. The summed E-state index contributed by atoms with van der Waals surface area (Å²) in [6.07, 6.45) is 4.49. The molecule has 1 aliphatic rings. The molecule has 1 N–H and O–H groups in total. The lowest BCUT2D eigenvalue weighted by molar-refractivity contribution is -0.0944. The fourth-order valence-electron chi connectivity index (χ4n) is 2.55. The summed E-state index contributed by atoms with van der Waals surface area (Å²) in [6, 6.07) is 6.56. The van der Waals surface area contributed by atoms with Gasteiger partial charge in [-0.05, 0) is 31.7 Å². The normalized spacial score (nSPS) is 27.3. The standard InChI is InChI=1S/C15H19FO2/c1-2-9-15(17)10-5-8-14(15)18-11-12-6-3-4-7-13(12)16/h2-4,6-7,14,17H,1,5,8-11H2. The van der Waals surface area contributed by atoms with Gasteiger partial charge < -0.3 is 9.84 Å². The van der Waals surface area contributed by atoms with Crippen LogP contribution in [-0.4, -0.2) is 16.8 Å². The van der Waals surface area contributed by atoms with E-state index >= 15 is 0 Å². The van der Waals surface area contributed by atoms with Gasteiger partial charge in [0.2, 0.25) is 0 Å². The summed E-state index contributed by atoms with van der Waals surface area (Å²) in [5.41, 5.74) is -0.294. The summed E-state index contributed by atoms with van der Waals surface area (Å²) in [5, 5.41) is 10.4. The van der Waals surface area contributed by atoms with E-state index in [9.17, 15) is 9.50 Å². The van der Waals surface area contributed by atoms with Gasteiger partial charge in [-0.2, -0.15) is 0 Å². The van der Waals surface area contributed by atoms with Crippen LogP contribution in [0.2, 0.25) is 0 Å². The highest BCUT2D eigenvalue weighted by Crippen LogP contribution is 2.35. The third-order valence-electron chi connectivity index (χ3n) is 3.57. The van der Waals surface area contributed by atoms with Gasteiger partial charge in [0.05, 0.1) is 18.3 Å². The topological polar surface area (TPSA) is 29.5 Å². The van der Waals surface area contributed by atoms with Crippen LogP contribution in [0.5, 0.6) is 0 Å². The summed E-state index contributed by atoms with van der Waals surface area (Å²) < 4.78 is 19.1. The van der Waals surface area contributed by atoms with Crippen LogP contribution >= 0.6 is 0 Å². The van der Waals surface area contributed by atoms with E-state index in [0.29, 0.717) is 12.0 Å². The van der Waals surface area contributed by atoms with E-state index in [2.05, 4.69) is 6.58 Å². The third kappa shape index (κ3) is 2.79. The predicted molar refractivity (Wildman–Crippen MR) is 68.6 cm³/mol. The highest BCUT2D eigenvalue weighted by molar-refractivity contribution is 5.16. The SMILES string of the molecule is C=CCC1(O)CCCC1OCc1ccccc1F. The molecular formula is C15H19FO2. The summed E-state index contributed by atoms with van der Waals surface area (Å²) in [7, 11) is 0. The zero-order valence-corrected chi connectivity index (χ0v) is 10.4. The predicted octanol–water partition coefficient (Wildman–Crippen LogP) is 3.20. The first-order valence-electron chi connectivity index (χ1n) is 6.34. The van der Waals surface area contributed by atoms with Gasteiger partial charge in [-0.1, -0.05) is 24.3 Å². The van der Waals surface area contributed by atoms with Crippen LogP contribution in [0.4, 0.5) is 4.39 Å². The van der Waals surface area contributed by atoms with Crippen molar-refractivity contribution in [3.05, 3.63) is 48.3 Å². The first-order chi connectivity index (χ1) is 8.65. The van der Waals surface area contributed by atoms with E-state index < -0.39 is 5.60 Å². The summed E-state index contributed by atoms with van der Waals surface area (Å²) in [5.74, 6) is -0.261. The summed E-state index contributed by atoms with van der Waals surface area (Å²) in [6.45, 7) is 3.87. The zero-order chi connectivity index (χ0) is 13.0. The number of aliphatic hydroxyl groups is 1. The van der Waals surface area contributed by atoms with Gasteiger partial charge in [-0.25, -0.2) is 4.39 Å². The molecule has 2 atom stereocenters. The van der Waals surface area contributed by atoms with Crippen molar-refractivity contribution in [1.82, 2.24) is 0 Å². The Morgan fingerprint density at radius 2 is 2.28 bits per heavy atom. The maximum atomic E-state index is 13.4. The van der Waals surface area contributed by atoms with E-state index in [4.69, 9.17) is 4.74 Å². The molecule has 2 unspecified atom stereocenters. The Morgan fingerprint density at radius 1 is 1.50 bits per heavy atom. The lowest BCUT2D eigenvalue weighted by Crippen LogP contribution is -2.38. The molecule has 0 aromatic heterocycles. The van der Waals surface area contributed by atoms with Crippen molar-refractivity contribution >= 4 is 0 Å². The molecule has 3 heteroatoms. The van der Waals surface area contributed by atoms with Crippen molar-refractivity contribution in [3.63, 3.8) is 0 Å². The highest BCUT2D eigenvalue weighted by Gasteiger charge is 2.40. The number of hydrogen-bond donors (Lipinski definition) is 1. The maximum absolute atomic E-state index is 13.4. The monoisotopic (exact) mass is 250 g/mol. The van der Waals surface area contributed by atoms with Gasteiger partial charge in [-0.15, -0.1) is 6.58 Å². The van der Waals surface area contributed by atoms with Crippen molar-refractivity contribution in [3.8, 4) is 0 Å². The third-order valence-corrected chi connectivity index (χ3v) is 3.57. The molecule has 0 aliphatic heterocycles. The van der Waals surface area contributed by atoms with Crippen molar-refractivity contribution < 1.29 is 14.2 Å². The zero-order valence-electron chi connectivity index (χ0n) is 10.4. The molecule has 0 bridgehead atoms. The average Bonchev–Trinajstić information content (AvgIpc) is 2.70. The Bertz CT molecular complexity index is 419. The van der Waals surface area contributed by atoms with Crippen LogP contribution in [0.15, 0.2) is 36.9 Å². The molecule has 0 spiro atoms. The van der Waals surface area contributed by atoms with Gasteiger partial charge >= 0.3 is 0 Å². The van der Waals surface area contributed by atoms with E-state index in [-0.39, 0.29) is 18.5 Å². The molecule has 0 heterocycles. The van der Waals surface area contributed by atoms with Crippen LogP contribution < -0.4 is 0 Å². The van der Waals surface area contributed by atoms with Crippen LogP contribution in [0.25, 0.3) is 0 Å². The Morgan fingerprint density at radius 3 is 3.00 bits per heavy atom. The van der Waals surface area contributed by atoms with Gasteiger partial charge in [0, 0.05) is 5.56 Å². The Labute approximate surface area is 107 Å².